The Morgan fingerprint density at radius 2 is 2.00 bits per heavy atom. The highest BCUT2D eigenvalue weighted by molar-refractivity contribution is 5.70. The molecule has 4 N–H and O–H groups in total. The number of nitrogens with zero attached hydrogens (tertiary/aromatic N) is 5. The lowest BCUT2D eigenvalue weighted by Crippen LogP contribution is -2.32. The zero-order valence-corrected chi connectivity index (χ0v) is 6.08. The lowest BCUT2D eigenvalue weighted by Gasteiger charge is -2.19. The third-order valence-corrected chi connectivity index (χ3v) is 1.38. The third-order valence-electron chi connectivity index (χ3n) is 1.38. The van der Waals surface area contributed by atoms with Crippen molar-refractivity contribution in [1.29, 1.82) is 0 Å². The van der Waals surface area contributed by atoms with Crippen molar-refractivity contribution in [3.8, 4) is 11.6 Å². The number of aromatic nitrogens is 2. The molecule has 0 unspecified atom stereocenters. The quantitative estimate of drug-likeness (QED) is 0.432. The zero-order valence-electron chi connectivity index (χ0n) is 6.08. The first-order valence-electron chi connectivity index (χ1n) is 3.14. The summed E-state index contributed by atoms with van der Waals surface area (Å²) in [5, 5.41) is 40.8. The average molecular weight is 184 g/mol. The van der Waals surface area contributed by atoms with Crippen LogP contribution >= 0.6 is 0 Å². The van der Waals surface area contributed by atoms with E-state index in [1.165, 1.54) is 0 Å². The van der Waals surface area contributed by atoms with Gasteiger partial charge in [0, 0.05) is 0 Å². The highest BCUT2D eigenvalue weighted by Gasteiger charge is 2.23. The highest BCUT2D eigenvalue weighted by atomic mass is 16.6. The van der Waals surface area contributed by atoms with Crippen molar-refractivity contribution in [3.05, 3.63) is 0 Å². The van der Waals surface area contributed by atoms with Gasteiger partial charge in [0.05, 0.1) is 0 Å². The summed E-state index contributed by atoms with van der Waals surface area (Å²) >= 11 is 0. The maximum atomic E-state index is 9.22. The van der Waals surface area contributed by atoms with Crippen LogP contribution in [0.15, 0.2) is 10.3 Å². The minimum atomic E-state index is -0.698. The lowest BCUT2D eigenvalue weighted by molar-refractivity contribution is 0.201. The third kappa shape index (κ3) is 0.980. The molecule has 0 spiro atoms. The standard InChI is InChI=1S/C4H4N6O3/c11-2-1-3(5-7-4(2)12)6-8-9-10(1)13/h13H,(H,7,12)(H2,5,6,9,11). The molecule has 0 amide bonds. The van der Waals surface area contributed by atoms with Crippen molar-refractivity contribution < 1.29 is 15.4 Å². The van der Waals surface area contributed by atoms with Gasteiger partial charge in [-0.15, -0.1) is 20.5 Å². The maximum Gasteiger partial charge on any atom is 0.276 e. The number of rotatable bonds is 0. The number of nitrogens with one attached hydrogen (secondary N) is 1. The summed E-state index contributed by atoms with van der Waals surface area (Å²) in [7, 11) is 0. The predicted molar refractivity (Wildman–Crippen MR) is 37.3 cm³/mol. The molecule has 68 valence electrons. The van der Waals surface area contributed by atoms with Crippen molar-refractivity contribution in [2.75, 3.05) is 5.17 Å². The van der Waals surface area contributed by atoms with Crippen LogP contribution < -0.4 is 10.7 Å². The molecule has 0 atom stereocenters. The summed E-state index contributed by atoms with van der Waals surface area (Å²) < 4.78 is 0. The van der Waals surface area contributed by atoms with Gasteiger partial charge in [-0.05, 0) is 5.22 Å². The van der Waals surface area contributed by atoms with E-state index in [1.54, 1.807) is 0 Å². The van der Waals surface area contributed by atoms with E-state index >= 15 is 0 Å². The molecule has 1 aromatic rings. The first-order chi connectivity index (χ1) is 6.20. The van der Waals surface area contributed by atoms with E-state index in [1.807, 2.05) is 5.53 Å². The van der Waals surface area contributed by atoms with E-state index in [0.717, 1.165) is 0 Å². The van der Waals surface area contributed by atoms with E-state index in [2.05, 4.69) is 20.5 Å². The average Bonchev–Trinajstić information content (AvgIpc) is 2.12. The summed E-state index contributed by atoms with van der Waals surface area (Å²) in [5.41, 5.74) is 1.81. The summed E-state index contributed by atoms with van der Waals surface area (Å²) in [6.45, 7) is 0. The van der Waals surface area contributed by atoms with Crippen molar-refractivity contribution in [2.45, 2.75) is 0 Å². The molecule has 0 fully saturated rings. The number of aromatic hydroxyl groups is 2. The molecule has 1 aliphatic rings. The Labute approximate surface area is 70.9 Å². The Balaban J connectivity index is 2.66. The zero-order chi connectivity index (χ0) is 9.42. The molecular weight excluding hydrogens is 180 g/mol. The van der Waals surface area contributed by atoms with Gasteiger partial charge in [-0.25, -0.2) is 0 Å². The van der Waals surface area contributed by atoms with Crippen LogP contribution in [-0.4, -0.2) is 25.6 Å². The van der Waals surface area contributed by atoms with Gasteiger partial charge in [0.15, 0.2) is 5.69 Å². The Bertz CT molecular complexity index is 378. The molecule has 1 aliphatic heterocycles. The van der Waals surface area contributed by atoms with Crippen LogP contribution in [0.2, 0.25) is 0 Å². The predicted octanol–water partition coefficient (Wildman–Crippen LogP) is -0.400. The monoisotopic (exact) mass is 184 g/mol. The van der Waals surface area contributed by atoms with E-state index in [9.17, 15) is 5.11 Å². The van der Waals surface area contributed by atoms with Crippen molar-refractivity contribution in [2.24, 2.45) is 10.3 Å². The molecule has 0 radical (unpaired) electrons. The summed E-state index contributed by atoms with van der Waals surface area (Å²) in [6.07, 6.45) is 0. The topological polar surface area (TPSA) is 126 Å². The van der Waals surface area contributed by atoms with Gasteiger partial charge in [-0.1, -0.05) is 0 Å². The highest BCUT2D eigenvalue weighted by Crippen LogP contribution is 2.39. The van der Waals surface area contributed by atoms with Gasteiger partial charge in [0.25, 0.3) is 5.88 Å². The molecule has 9 nitrogen and oxygen atoms in total. The van der Waals surface area contributed by atoms with Gasteiger partial charge in [0.1, 0.15) is 0 Å². The fourth-order valence-corrected chi connectivity index (χ4v) is 0.826. The molecule has 0 saturated carbocycles. The van der Waals surface area contributed by atoms with Gasteiger partial charge in [-0.3, -0.25) is 5.21 Å². The van der Waals surface area contributed by atoms with Crippen molar-refractivity contribution in [3.63, 3.8) is 0 Å². The SMILES string of the molecule is Oc1nnc2c(c1O)N(O)NN=N2. The second kappa shape index (κ2) is 2.42. The fraction of sp³-hybridized carbons (Fsp3) is 0. The molecule has 13 heavy (non-hydrogen) atoms. The normalized spacial score (nSPS) is 13.8. The Hall–Kier alpha value is -2.16. The van der Waals surface area contributed by atoms with Crippen LogP contribution in [0.1, 0.15) is 0 Å². The van der Waals surface area contributed by atoms with Crippen molar-refractivity contribution >= 4 is 11.5 Å². The van der Waals surface area contributed by atoms with E-state index in [4.69, 9.17) is 10.3 Å². The van der Waals surface area contributed by atoms with Crippen molar-refractivity contribution in [1.82, 2.24) is 15.7 Å². The van der Waals surface area contributed by atoms with Crippen LogP contribution in [0.4, 0.5) is 11.5 Å². The fourth-order valence-electron chi connectivity index (χ4n) is 0.826. The number of anilines is 1. The first kappa shape index (κ1) is 7.49. The van der Waals surface area contributed by atoms with Crippen LogP contribution in [0.5, 0.6) is 11.6 Å². The maximum absolute atomic E-state index is 9.22. The first-order valence-corrected chi connectivity index (χ1v) is 3.14. The molecule has 9 heteroatoms. The van der Waals surface area contributed by atoms with Gasteiger partial charge >= 0.3 is 0 Å². The number of hydrazine groups is 1. The largest absolute Gasteiger partial charge is 0.501 e. The molecule has 0 bridgehead atoms. The second-order valence-corrected chi connectivity index (χ2v) is 2.16. The molecule has 0 aliphatic carbocycles. The Kier molecular flexibility index (Phi) is 1.39. The Morgan fingerprint density at radius 1 is 1.23 bits per heavy atom. The minimum absolute atomic E-state index is 0.100. The lowest BCUT2D eigenvalue weighted by atomic mass is 10.4. The molecule has 2 rings (SSSR count). The number of hydrogen-bond acceptors (Lipinski definition) is 9. The van der Waals surface area contributed by atoms with Crippen LogP contribution in [0.25, 0.3) is 0 Å². The summed E-state index contributed by atoms with van der Waals surface area (Å²) in [6, 6.07) is 0. The van der Waals surface area contributed by atoms with Gasteiger partial charge < -0.3 is 10.2 Å². The van der Waals surface area contributed by atoms with Crippen LogP contribution in [0, 0.1) is 0 Å². The molecular formula is C4H4N6O3. The number of hydrogen-bond donors (Lipinski definition) is 4. The Morgan fingerprint density at radius 3 is 2.77 bits per heavy atom. The van der Waals surface area contributed by atoms with E-state index < -0.39 is 11.6 Å². The molecule has 0 aromatic carbocycles. The summed E-state index contributed by atoms with van der Waals surface area (Å²) in [5.74, 6) is -1.42. The van der Waals surface area contributed by atoms with Crippen LogP contribution in [-0.2, 0) is 0 Å². The second-order valence-electron chi connectivity index (χ2n) is 2.16. The smallest absolute Gasteiger partial charge is 0.276 e. The number of fused-ring (bicyclic) bond motifs is 1. The van der Waals surface area contributed by atoms with Gasteiger partial charge in [-0.2, -0.15) is 5.53 Å². The van der Waals surface area contributed by atoms with E-state index in [0.29, 0.717) is 5.17 Å². The molecule has 2 heterocycles. The molecule has 0 saturated heterocycles. The van der Waals surface area contributed by atoms with Gasteiger partial charge in [0.2, 0.25) is 11.6 Å². The molecule has 1 aromatic heterocycles. The van der Waals surface area contributed by atoms with E-state index in [-0.39, 0.29) is 11.5 Å². The summed E-state index contributed by atoms with van der Waals surface area (Å²) in [4.78, 5) is 0. The van der Waals surface area contributed by atoms with Crippen LogP contribution in [0.3, 0.4) is 0 Å². The minimum Gasteiger partial charge on any atom is -0.501 e.